The Bertz CT molecular complexity index is 930. The van der Waals surface area contributed by atoms with Crippen LogP contribution in [0.5, 0.6) is 0 Å². The third kappa shape index (κ3) is 5.14. The molecule has 2 aromatic rings. The van der Waals surface area contributed by atoms with E-state index < -0.39 is 22.5 Å². The van der Waals surface area contributed by atoms with Gasteiger partial charge in [0.15, 0.2) is 0 Å². The van der Waals surface area contributed by atoms with Gasteiger partial charge in [0.1, 0.15) is 13.2 Å². The molecule has 0 heterocycles. The molecule has 7 heteroatoms. The van der Waals surface area contributed by atoms with Crippen LogP contribution in [0.3, 0.4) is 0 Å². The molecule has 0 aliphatic carbocycles. The first-order valence-corrected chi connectivity index (χ1v) is 9.02. The van der Waals surface area contributed by atoms with Crippen LogP contribution in [0, 0.1) is 25.2 Å². The second-order valence-electron chi connectivity index (χ2n) is 5.54. The highest BCUT2D eigenvalue weighted by molar-refractivity contribution is 7.89. The van der Waals surface area contributed by atoms with Crippen LogP contribution >= 0.6 is 0 Å². The molecule has 0 fully saturated rings. The molecule has 130 valence electrons. The summed E-state index contributed by atoms with van der Waals surface area (Å²) >= 11 is 0. The van der Waals surface area contributed by atoms with Gasteiger partial charge in [-0.25, -0.2) is 8.42 Å². The summed E-state index contributed by atoms with van der Waals surface area (Å²) in [6, 6.07) is 13.4. The molecule has 0 radical (unpaired) electrons. The summed E-state index contributed by atoms with van der Waals surface area (Å²) in [5.41, 5.74) is 2.95. The predicted molar refractivity (Wildman–Crippen MR) is 92.1 cm³/mol. The molecular formula is C18H18N2O4S. The van der Waals surface area contributed by atoms with Gasteiger partial charge >= 0.3 is 5.97 Å². The highest BCUT2D eigenvalue weighted by atomic mass is 32.2. The number of ether oxygens (including phenoxy) is 1. The molecule has 0 saturated heterocycles. The third-order valence-corrected chi connectivity index (χ3v) is 5.05. The zero-order chi connectivity index (χ0) is 18.4. The van der Waals surface area contributed by atoms with Gasteiger partial charge in [-0.05, 0) is 54.8 Å². The summed E-state index contributed by atoms with van der Waals surface area (Å²) in [6.45, 7) is 3.21. The Balaban J connectivity index is 1.92. The van der Waals surface area contributed by atoms with Crippen molar-refractivity contribution in [2.24, 2.45) is 0 Å². The fourth-order valence-corrected chi connectivity index (χ4v) is 3.12. The summed E-state index contributed by atoms with van der Waals surface area (Å²) in [5.74, 6) is -0.699. The molecule has 0 spiro atoms. The van der Waals surface area contributed by atoms with Crippen molar-refractivity contribution in [1.82, 2.24) is 4.72 Å². The Kier molecular flexibility index (Phi) is 5.91. The SMILES string of the molecule is Cc1ccc(S(=O)(=O)NCC(=O)OCc2cccc(C#N)c2)cc1C. The number of sulfonamides is 1. The van der Waals surface area contributed by atoms with Crippen molar-refractivity contribution in [2.75, 3.05) is 6.54 Å². The van der Waals surface area contributed by atoms with Crippen LogP contribution in [-0.4, -0.2) is 20.9 Å². The molecule has 0 bridgehead atoms. The Morgan fingerprint density at radius 3 is 2.60 bits per heavy atom. The molecule has 6 nitrogen and oxygen atoms in total. The lowest BCUT2D eigenvalue weighted by molar-refractivity contribution is -0.143. The average Bonchev–Trinajstić information content (AvgIpc) is 2.60. The van der Waals surface area contributed by atoms with E-state index >= 15 is 0 Å². The summed E-state index contributed by atoms with van der Waals surface area (Å²) in [7, 11) is -3.78. The van der Waals surface area contributed by atoms with E-state index in [1.54, 1.807) is 36.4 Å². The highest BCUT2D eigenvalue weighted by Crippen LogP contribution is 2.14. The van der Waals surface area contributed by atoms with Gasteiger partial charge in [-0.3, -0.25) is 4.79 Å². The number of carbonyl (C=O) groups is 1. The van der Waals surface area contributed by atoms with Gasteiger partial charge in [0.05, 0.1) is 16.5 Å². The van der Waals surface area contributed by atoms with Gasteiger partial charge in [-0.2, -0.15) is 9.98 Å². The van der Waals surface area contributed by atoms with Crippen LogP contribution in [0.4, 0.5) is 0 Å². The molecule has 0 saturated carbocycles. The van der Waals surface area contributed by atoms with Crippen LogP contribution in [-0.2, 0) is 26.2 Å². The van der Waals surface area contributed by atoms with Crippen molar-refractivity contribution in [1.29, 1.82) is 5.26 Å². The minimum atomic E-state index is -3.78. The number of hydrogen-bond acceptors (Lipinski definition) is 5. The quantitative estimate of drug-likeness (QED) is 0.799. The van der Waals surface area contributed by atoms with Crippen molar-refractivity contribution in [3.8, 4) is 6.07 Å². The molecule has 25 heavy (non-hydrogen) atoms. The van der Waals surface area contributed by atoms with Gasteiger partial charge in [0.25, 0.3) is 0 Å². The second-order valence-corrected chi connectivity index (χ2v) is 7.31. The van der Waals surface area contributed by atoms with Crippen LogP contribution in [0.1, 0.15) is 22.3 Å². The number of hydrogen-bond donors (Lipinski definition) is 1. The van der Waals surface area contributed by atoms with Gasteiger partial charge in [-0.1, -0.05) is 18.2 Å². The van der Waals surface area contributed by atoms with Crippen molar-refractivity contribution < 1.29 is 17.9 Å². The molecule has 2 aromatic carbocycles. The first kappa shape index (κ1) is 18.6. The van der Waals surface area contributed by atoms with Gasteiger partial charge in [0, 0.05) is 0 Å². The highest BCUT2D eigenvalue weighted by Gasteiger charge is 2.16. The van der Waals surface area contributed by atoms with Crippen LogP contribution in [0.2, 0.25) is 0 Å². The lowest BCUT2D eigenvalue weighted by Gasteiger charge is -2.09. The topological polar surface area (TPSA) is 96.3 Å². The van der Waals surface area contributed by atoms with E-state index in [0.29, 0.717) is 11.1 Å². The van der Waals surface area contributed by atoms with Crippen molar-refractivity contribution in [3.05, 3.63) is 64.7 Å². The first-order chi connectivity index (χ1) is 11.8. The van der Waals surface area contributed by atoms with Crippen LogP contribution < -0.4 is 4.72 Å². The molecule has 0 atom stereocenters. The number of rotatable bonds is 6. The number of nitriles is 1. The van der Waals surface area contributed by atoms with Gasteiger partial charge < -0.3 is 4.74 Å². The summed E-state index contributed by atoms with van der Waals surface area (Å²) < 4.78 is 31.7. The molecular weight excluding hydrogens is 340 g/mol. The monoisotopic (exact) mass is 358 g/mol. The Morgan fingerprint density at radius 1 is 1.16 bits per heavy atom. The molecule has 0 aromatic heterocycles. The van der Waals surface area contributed by atoms with Crippen molar-refractivity contribution >= 4 is 16.0 Å². The molecule has 2 rings (SSSR count). The van der Waals surface area contributed by atoms with E-state index in [1.165, 1.54) is 6.07 Å². The number of nitrogens with one attached hydrogen (secondary N) is 1. The predicted octanol–water partition coefficient (Wildman–Crippen LogP) is 2.20. The summed E-state index contributed by atoms with van der Waals surface area (Å²) in [5, 5.41) is 8.82. The van der Waals surface area contributed by atoms with Crippen molar-refractivity contribution in [2.45, 2.75) is 25.3 Å². The Labute approximate surface area is 147 Å². The Morgan fingerprint density at radius 2 is 1.92 bits per heavy atom. The largest absolute Gasteiger partial charge is 0.460 e. The van der Waals surface area contributed by atoms with Crippen LogP contribution in [0.15, 0.2) is 47.4 Å². The van der Waals surface area contributed by atoms with E-state index in [4.69, 9.17) is 10.00 Å². The van der Waals surface area contributed by atoms with Gasteiger partial charge in [0.2, 0.25) is 10.0 Å². The first-order valence-electron chi connectivity index (χ1n) is 7.53. The zero-order valence-corrected chi connectivity index (χ0v) is 14.8. The lowest BCUT2D eigenvalue weighted by atomic mass is 10.1. The zero-order valence-electron chi connectivity index (χ0n) is 13.9. The van der Waals surface area contributed by atoms with E-state index in [1.807, 2.05) is 19.9 Å². The third-order valence-electron chi connectivity index (χ3n) is 3.65. The number of benzene rings is 2. The second kappa shape index (κ2) is 7.92. The standard InChI is InChI=1S/C18H18N2O4S/c1-13-6-7-17(8-14(13)2)25(22,23)20-11-18(21)24-12-16-5-3-4-15(9-16)10-19/h3-9,20H,11-12H2,1-2H3. The van der Waals surface area contributed by atoms with E-state index in [-0.39, 0.29) is 11.5 Å². The van der Waals surface area contributed by atoms with E-state index in [0.717, 1.165) is 11.1 Å². The van der Waals surface area contributed by atoms with E-state index in [9.17, 15) is 13.2 Å². The van der Waals surface area contributed by atoms with Crippen molar-refractivity contribution in [3.63, 3.8) is 0 Å². The fraction of sp³-hybridized carbons (Fsp3) is 0.222. The number of aryl methyl sites for hydroxylation is 2. The molecule has 0 aliphatic heterocycles. The molecule has 1 N–H and O–H groups in total. The van der Waals surface area contributed by atoms with Gasteiger partial charge in [-0.15, -0.1) is 0 Å². The maximum absolute atomic E-state index is 12.2. The molecule has 0 unspecified atom stereocenters. The van der Waals surface area contributed by atoms with E-state index in [2.05, 4.69) is 4.72 Å². The molecule has 0 aliphatic rings. The lowest BCUT2D eigenvalue weighted by Crippen LogP contribution is -2.30. The minimum Gasteiger partial charge on any atom is -0.460 e. The maximum atomic E-state index is 12.2. The summed E-state index contributed by atoms with van der Waals surface area (Å²) in [6.07, 6.45) is 0. The number of nitrogens with zero attached hydrogens (tertiary/aromatic N) is 1. The van der Waals surface area contributed by atoms with Crippen LogP contribution in [0.25, 0.3) is 0 Å². The Hall–Kier alpha value is -2.69. The number of carbonyl (C=O) groups excluding carboxylic acids is 1. The maximum Gasteiger partial charge on any atom is 0.321 e. The molecule has 0 amide bonds. The normalized spacial score (nSPS) is 10.9. The smallest absolute Gasteiger partial charge is 0.321 e. The summed E-state index contributed by atoms with van der Waals surface area (Å²) in [4.78, 5) is 11.9. The minimum absolute atomic E-state index is 0.0281. The fourth-order valence-electron chi connectivity index (χ4n) is 2.06. The number of esters is 1. The average molecular weight is 358 g/mol.